The Morgan fingerprint density at radius 3 is 2.61 bits per heavy atom. The molecule has 18 heavy (non-hydrogen) atoms. The number of aromatic carboxylic acids is 1. The fraction of sp³-hybridized carbons (Fsp3) is 0.286. The van der Waals surface area contributed by atoms with Crippen molar-refractivity contribution < 1.29 is 14.7 Å². The molecular formula is C14H15NO3. The SMILES string of the molecule is CCCc1[nH]c2cc(C(=O)O)ccc2c1C(C)=O. The van der Waals surface area contributed by atoms with Gasteiger partial charge < -0.3 is 10.1 Å². The Hall–Kier alpha value is -2.10. The van der Waals surface area contributed by atoms with Gasteiger partial charge in [0.2, 0.25) is 0 Å². The number of H-pyrrole nitrogens is 1. The molecule has 2 N–H and O–H groups in total. The maximum Gasteiger partial charge on any atom is 0.335 e. The number of aromatic nitrogens is 1. The minimum Gasteiger partial charge on any atom is -0.478 e. The van der Waals surface area contributed by atoms with Crippen LogP contribution in [0, 0.1) is 0 Å². The fourth-order valence-electron chi connectivity index (χ4n) is 2.23. The van der Waals surface area contributed by atoms with Gasteiger partial charge in [0, 0.05) is 22.2 Å². The summed E-state index contributed by atoms with van der Waals surface area (Å²) in [6, 6.07) is 4.80. The highest BCUT2D eigenvalue weighted by molar-refractivity contribution is 6.09. The van der Waals surface area contributed by atoms with Crippen LogP contribution in [0.2, 0.25) is 0 Å². The molecule has 1 heterocycles. The summed E-state index contributed by atoms with van der Waals surface area (Å²) >= 11 is 0. The minimum atomic E-state index is -0.965. The zero-order valence-electron chi connectivity index (χ0n) is 10.4. The molecule has 0 aliphatic heterocycles. The fourth-order valence-corrected chi connectivity index (χ4v) is 2.23. The average molecular weight is 245 g/mol. The van der Waals surface area contributed by atoms with Crippen LogP contribution in [0.1, 0.15) is 46.7 Å². The van der Waals surface area contributed by atoms with Crippen molar-refractivity contribution in [1.82, 2.24) is 4.98 Å². The van der Waals surface area contributed by atoms with Crippen molar-refractivity contribution in [3.05, 3.63) is 35.0 Å². The molecule has 4 nitrogen and oxygen atoms in total. The van der Waals surface area contributed by atoms with Gasteiger partial charge in [0.1, 0.15) is 0 Å². The molecular weight excluding hydrogens is 230 g/mol. The molecule has 94 valence electrons. The number of fused-ring (bicyclic) bond motifs is 1. The molecule has 0 atom stereocenters. The van der Waals surface area contributed by atoms with Crippen molar-refractivity contribution in [1.29, 1.82) is 0 Å². The molecule has 0 bridgehead atoms. The highest BCUT2D eigenvalue weighted by Crippen LogP contribution is 2.25. The number of carbonyl (C=O) groups excluding carboxylic acids is 1. The predicted octanol–water partition coefficient (Wildman–Crippen LogP) is 3.02. The van der Waals surface area contributed by atoms with E-state index in [0.717, 1.165) is 23.9 Å². The van der Waals surface area contributed by atoms with E-state index in [1.54, 1.807) is 12.1 Å². The molecule has 0 aliphatic rings. The number of hydrogen-bond donors (Lipinski definition) is 2. The Bertz CT molecular complexity index is 625. The average Bonchev–Trinajstić information content (AvgIpc) is 2.66. The van der Waals surface area contributed by atoms with Crippen LogP contribution in [-0.4, -0.2) is 21.8 Å². The van der Waals surface area contributed by atoms with Gasteiger partial charge in [0.15, 0.2) is 5.78 Å². The topological polar surface area (TPSA) is 70.2 Å². The number of carboxylic acids is 1. The first kappa shape index (κ1) is 12.4. The molecule has 0 fully saturated rings. The summed E-state index contributed by atoms with van der Waals surface area (Å²) in [4.78, 5) is 25.8. The number of Topliss-reactive ketones (excluding diaryl/α,β-unsaturated/α-hetero) is 1. The Labute approximate surface area is 105 Å². The van der Waals surface area contributed by atoms with E-state index in [0.29, 0.717) is 11.1 Å². The Kier molecular flexibility index (Phi) is 3.19. The lowest BCUT2D eigenvalue weighted by Crippen LogP contribution is -1.97. The number of carboxylic acid groups (broad SMARTS) is 1. The van der Waals surface area contributed by atoms with Crippen molar-refractivity contribution >= 4 is 22.7 Å². The van der Waals surface area contributed by atoms with E-state index >= 15 is 0 Å². The van der Waals surface area contributed by atoms with E-state index in [4.69, 9.17) is 5.11 Å². The molecule has 0 aliphatic carbocycles. The zero-order chi connectivity index (χ0) is 13.3. The third-order valence-electron chi connectivity index (χ3n) is 2.98. The quantitative estimate of drug-likeness (QED) is 0.813. The van der Waals surface area contributed by atoms with Crippen LogP contribution in [0.5, 0.6) is 0 Å². The molecule has 0 spiro atoms. The normalized spacial score (nSPS) is 10.8. The molecule has 1 aromatic carbocycles. The number of carbonyl (C=O) groups is 2. The van der Waals surface area contributed by atoms with Gasteiger partial charge in [-0.3, -0.25) is 4.79 Å². The standard InChI is InChI=1S/C14H15NO3/c1-3-4-11-13(8(2)16)10-6-5-9(14(17)18)7-12(10)15-11/h5-7,15H,3-4H2,1-2H3,(H,17,18). The van der Waals surface area contributed by atoms with Crippen LogP contribution in [0.15, 0.2) is 18.2 Å². The maximum atomic E-state index is 11.7. The van der Waals surface area contributed by atoms with Gasteiger partial charge in [-0.2, -0.15) is 0 Å². The second kappa shape index (κ2) is 4.64. The van der Waals surface area contributed by atoms with Crippen LogP contribution in [0.25, 0.3) is 10.9 Å². The molecule has 4 heteroatoms. The van der Waals surface area contributed by atoms with E-state index < -0.39 is 5.97 Å². The lowest BCUT2D eigenvalue weighted by molar-refractivity contribution is 0.0697. The van der Waals surface area contributed by atoms with E-state index in [1.165, 1.54) is 13.0 Å². The number of rotatable bonds is 4. The third-order valence-corrected chi connectivity index (χ3v) is 2.98. The van der Waals surface area contributed by atoms with Gasteiger partial charge in [-0.25, -0.2) is 4.79 Å². The first-order valence-corrected chi connectivity index (χ1v) is 5.93. The van der Waals surface area contributed by atoms with Crippen LogP contribution in [0.4, 0.5) is 0 Å². The molecule has 0 saturated heterocycles. The van der Waals surface area contributed by atoms with Gasteiger partial charge in [-0.1, -0.05) is 19.4 Å². The predicted molar refractivity (Wildman–Crippen MR) is 69.3 cm³/mol. The Morgan fingerprint density at radius 1 is 1.33 bits per heavy atom. The highest BCUT2D eigenvalue weighted by atomic mass is 16.4. The van der Waals surface area contributed by atoms with Crippen molar-refractivity contribution in [2.75, 3.05) is 0 Å². The number of hydrogen-bond acceptors (Lipinski definition) is 2. The smallest absolute Gasteiger partial charge is 0.335 e. The maximum absolute atomic E-state index is 11.7. The van der Waals surface area contributed by atoms with Gasteiger partial charge in [-0.15, -0.1) is 0 Å². The van der Waals surface area contributed by atoms with Crippen LogP contribution in [-0.2, 0) is 6.42 Å². The second-order valence-electron chi connectivity index (χ2n) is 4.35. The van der Waals surface area contributed by atoms with E-state index in [9.17, 15) is 9.59 Å². The van der Waals surface area contributed by atoms with Gasteiger partial charge in [0.05, 0.1) is 5.56 Å². The van der Waals surface area contributed by atoms with Gasteiger partial charge in [0.25, 0.3) is 0 Å². The van der Waals surface area contributed by atoms with E-state index in [-0.39, 0.29) is 11.3 Å². The van der Waals surface area contributed by atoms with Gasteiger partial charge >= 0.3 is 5.97 Å². The first-order valence-electron chi connectivity index (χ1n) is 5.93. The minimum absolute atomic E-state index is 0.00720. The summed E-state index contributed by atoms with van der Waals surface area (Å²) in [5, 5.41) is 9.75. The summed E-state index contributed by atoms with van der Waals surface area (Å²) < 4.78 is 0. The number of aromatic amines is 1. The van der Waals surface area contributed by atoms with E-state index in [1.807, 2.05) is 6.92 Å². The molecule has 2 rings (SSSR count). The molecule has 2 aromatic rings. The number of nitrogens with one attached hydrogen (secondary N) is 1. The molecule has 0 radical (unpaired) electrons. The van der Waals surface area contributed by atoms with Crippen molar-refractivity contribution in [3.8, 4) is 0 Å². The molecule has 0 unspecified atom stereocenters. The van der Waals surface area contributed by atoms with Crippen molar-refractivity contribution in [2.24, 2.45) is 0 Å². The summed E-state index contributed by atoms with van der Waals surface area (Å²) in [5.41, 5.74) is 2.51. The Morgan fingerprint density at radius 2 is 2.06 bits per heavy atom. The summed E-state index contributed by atoms with van der Waals surface area (Å²) in [6.45, 7) is 3.57. The molecule has 0 amide bonds. The summed E-state index contributed by atoms with van der Waals surface area (Å²) in [6.07, 6.45) is 1.71. The largest absolute Gasteiger partial charge is 0.478 e. The van der Waals surface area contributed by atoms with Crippen molar-refractivity contribution in [3.63, 3.8) is 0 Å². The number of benzene rings is 1. The summed E-state index contributed by atoms with van der Waals surface area (Å²) in [5.74, 6) is -0.958. The third kappa shape index (κ3) is 2.01. The lowest BCUT2D eigenvalue weighted by atomic mass is 10.0. The molecule has 0 saturated carbocycles. The first-order chi connectivity index (χ1) is 8.54. The van der Waals surface area contributed by atoms with Crippen LogP contribution in [0.3, 0.4) is 0 Å². The number of aryl methyl sites for hydroxylation is 1. The lowest BCUT2D eigenvalue weighted by Gasteiger charge is -1.98. The van der Waals surface area contributed by atoms with Crippen LogP contribution >= 0.6 is 0 Å². The number of ketones is 1. The molecule has 1 aromatic heterocycles. The van der Waals surface area contributed by atoms with Crippen molar-refractivity contribution in [2.45, 2.75) is 26.7 Å². The monoisotopic (exact) mass is 245 g/mol. The highest BCUT2D eigenvalue weighted by Gasteiger charge is 2.15. The Balaban J connectivity index is 2.68. The second-order valence-corrected chi connectivity index (χ2v) is 4.35. The zero-order valence-corrected chi connectivity index (χ0v) is 10.4. The van der Waals surface area contributed by atoms with E-state index in [2.05, 4.69) is 4.98 Å². The van der Waals surface area contributed by atoms with Gasteiger partial charge in [-0.05, 0) is 25.5 Å². The van der Waals surface area contributed by atoms with Crippen LogP contribution < -0.4 is 0 Å². The summed E-state index contributed by atoms with van der Waals surface area (Å²) in [7, 11) is 0.